The summed E-state index contributed by atoms with van der Waals surface area (Å²) in [5.41, 5.74) is 0. The van der Waals surface area contributed by atoms with Gasteiger partial charge in [-0.2, -0.15) is 4.98 Å². The minimum absolute atomic E-state index is 0.0474. The van der Waals surface area contributed by atoms with E-state index in [1.54, 1.807) is 0 Å². The molecule has 0 unspecified atom stereocenters. The summed E-state index contributed by atoms with van der Waals surface area (Å²) in [6.07, 6.45) is -4.57. The molecule has 68 valence electrons. The van der Waals surface area contributed by atoms with Crippen molar-refractivity contribution in [1.82, 2.24) is 4.98 Å². The zero-order valence-electron chi connectivity index (χ0n) is 5.56. The summed E-state index contributed by atoms with van der Waals surface area (Å²) >= 11 is 5.24. The molecule has 1 aromatic heterocycles. The van der Waals surface area contributed by atoms with Gasteiger partial charge in [-0.1, -0.05) is 0 Å². The molecular weight excluding hydrogens is 199 g/mol. The van der Waals surface area contributed by atoms with Crippen molar-refractivity contribution >= 4 is 11.6 Å². The van der Waals surface area contributed by atoms with Crippen molar-refractivity contribution in [2.45, 2.75) is 12.2 Å². The zero-order valence-corrected chi connectivity index (χ0v) is 6.32. The van der Waals surface area contributed by atoms with Crippen molar-refractivity contribution in [2.75, 3.05) is 0 Å². The summed E-state index contributed by atoms with van der Waals surface area (Å²) in [6, 6.07) is 0. The highest BCUT2D eigenvalue weighted by molar-refractivity contribution is 6.16. The van der Waals surface area contributed by atoms with Crippen molar-refractivity contribution in [1.29, 1.82) is 0 Å². The lowest BCUT2D eigenvalue weighted by atomic mass is 10.6. The van der Waals surface area contributed by atoms with E-state index in [9.17, 15) is 13.2 Å². The van der Waals surface area contributed by atoms with Crippen LogP contribution in [0.4, 0.5) is 13.2 Å². The van der Waals surface area contributed by atoms with Gasteiger partial charge in [0.2, 0.25) is 0 Å². The minimum Gasteiger partial charge on any atom is -0.413 e. The molecule has 0 amide bonds. The average molecular weight is 202 g/mol. The number of hydrogen-bond donors (Lipinski definition) is 0. The van der Waals surface area contributed by atoms with Crippen molar-refractivity contribution in [2.24, 2.45) is 0 Å². The van der Waals surface area contributed by atoms with E-state index >= 15 is 0 Å². The highest BCUT2D eigenvalue weighted by atomic mass is 35.5. The van der Waals surface area contributed by atoms with Crippen LogP contribution in [0, 0.1) is 0 Å². The Morgan fingerprint density at radius 3 is 2.67 bits per heavy atom. The second-order valence-electron chi connectivity index (χ2n) is 1.77. The molecule has 1 rings (SSSR count). The van der Waals surface area contributed by atoms with E-state index in [2.05, 4.69) is 14.1 Å². The van der Waals surface area contributed by atoms with Crippen molar-refractivity contribution in [3.8, 4) is 6.08 Å². The molecule has 12 heavy (non-hydrogen) atoms. The summed E-state index contributed by atoms with van der Waals surface area (Å²) in [5.74, 6) is 0.0738. The number of rotatable bonds is 2. The van der Waals surface area contributed by atoms with Crippen LogP contribution in [-0.4, -0.2) is 11.3 Å². The maximum absolute atomic E-state index is 11.5. The van der Waals surface area contributed by atoms with Gasteiger partial charge in [0.15, 0.2) is 0 Å². The average Bonchev–Trinajstić information content (AvgIpc) is 2.32. The van der Waals surface area contributed by atoms with E-state index in [0.717, 1.165) is 6.20 Å². The number of hydrogen-bond acceptors (Lipinski definition) is 3. The van der Waals surface area contributed by atoms with Crippen LogP contribution in [0.1, 0.15) is 5.76 Å². The number of aromatic nitrogens is 1. The molecule has 0 radical (unpaired) electrons. The van der Waals surface area contributed by atoms with Gasteiger partial charge in [-0.15, -0.1) is 24.8 Å². The number of ether oxygens (including phenoxy) is 1. The van der Waals surface area contributed by atoms with Gasteiger partial charge in [0.25, 0.3) is 0 Å². The molecule has 1 aromatic rings. The van der Waals surface area contributed by atoms with Gasteiger partial charge in [-0.3, -0.25) is 0 Å². The number of alkyl halides is 4. The lowest BCUT2D eigenvalue weighted by Crippen LogP contribution is -2.17. The van der Waals surface area contributed by atoms with E-state index in [1.807, 2.05) is 0 Å². The predicted octanol–water partition coefficient (Wildman–Crippen LogP) is 2.31. The minimum atomic E-state index is -4.78. The van der Waals surface area contributed by atoms with Crippen molar-refractivity contribution in [3.05, 3.63) is 12.0 Å². The summed E-state index contributed by atoms with van der Waals surface area (Å²) in [6.45, 7) is 0. The molecule has 0 aromatic carbocycles. The Morgan fingerprint density at radius 2 is 2.25 bits per heavy atom. The molecular formula is C5H3ClF3NO2. The predicted molar refractivity (Wildman–Crippen MR) is 32.7 cm³/mol. The fraction of sp³-hybridized carbons (Fsp3) is 0.400. The van der Waals surface area contributed by atoms with Crippen LogP contribution in [0.2, 0.25) is 0 Å². The van der Waals surface area contributed by atoms with Gasteiger partial charge < -0.3 is 9.15 Å². The van der Waals surface area contributed by atoms with Gasteiger partial charge in [0, 0.05) is 0 Å². The Bertz CT molecular complexity index is 259. The zero-order chi connectivity index (χ0) is 9.19. The lowest BCUT2D eigenvalue weighted by Gasteiger charge is -2.02. The van der Waals surface area contributed by atoms with E-state index in [-0.39, 0.29) is 11.6 Å². The number of halogens is 4. The standard InChI is InChI=1S/C5H3ClF3NO2/c6-1-3-2-10-4(11-3)12-5(7,8)9/h2H,1H2. The third kappa shape index (κ3) is 2.61. The summed E-state index contributed by atoms with van der Waals surface area (Å²) < 4.78 is 42.3. The third-order valence-corrected chi connectivity index (χ3v) is 1.13. The maximum Gasteiger partial charge on any atom is 0.576 e. The molecule has 0 aliphatic carbocycles. The van der Waals surface area contributed by atoms with Gasteiger partial charge in [0.05, 0.1) is 12.1 Å². The monoisotopic (exact) mass is 201 g/mol. The van der Waals surface area contributed by atoms with Gasteiger partial charge in [-0.05, 0) is 0 Å². The highest BCUT2D eigenvalue weighted by Gasteiger charge is 2.33. The lowest BCUT2D eigenvalue weighted by molar-refractivity contribution is -0.282. The first-order chi connectivity index (χ1) is 5.51. The largest absolute Gasteiger partial charge is 0.576 e. The van der Waals surface area contributed by atoms with Crippen LogP contribution < -0.4 is 4.74 Å². The highest BCUT2D eigenvalue weighted by Crippen LogP contribution is 2.22. The molecule has 3 nitrogen and oxygen atoms in total. The summed E-state index contributed by atoms with van der Waals surface area (Å²) in [7, 11) is 0. The summed E-state index contributed by atoms with van der Waals surface area (Å²) in [4.78, 5) is 3.18. The molecule has 0 saturated carbocycles. The van der Waals surface area contributed by atoms with Crippen LogP contribution in [0.3, 0.4) is 0 Å². The Hall–Kier alpha value is -0.910. The topological polar surface area (TPSA) is 35.3 Å². The molecule has 0 fully saturated rings. The van der Waals surface area contributed by atoms with E-state index in [1.165, 1.54) is 0 Å². The number of nitrogens with zero attached hydrogens (tertiary/aromatic N) is 1. The fourth-order valence-electron chi connectivity index (χ4n) is 0.498. The second-order valence-corrected chi connectivity index (χ2v) is 2.04. The Labute approximate surface area is 70.1 Å². The fourth-order valence-corrected chi connectivity index (χ4v) is 0.621. The molecule has 0 saturated heterocycles. The Kier molecular flexibility index (Phi) is 2.46. The molecule has 0 atom stereocenters. The molecule has 0 spiro atoms. The Balaban J connectivity index is 2.64. The SMILES string of the molecule is FC(F)(F)Oc1ncc(CCl)o1. The van der Waals surface area contributed by atoms with E-state index in [0.29, 0.717) is 0 Å². The van der Waals surface area contributed by atoms with Crippen molar-refractivity contribution in [3.63, 3.8) is 0 Å². The van der Waals surface area contributed by atoms with Crippen LogP contribution in [0.5, 0.6) is 6.08 Å². The first kappa shape index (κ1) is 9.18. The molecule has 0 aliphatic heterocycles. The van der Waals surface area contributed by atoms with Gasteiger partial charge >= 0.3 is 12.4 Å². The van der Waals surface area contributed by atoms with E-state index < -0.39 is 12.4 Å². The van der Waals surface area contributed by atoms with Gasteiger partial charge in [-0.25, -0.2) is 0 Å². The van der Waals surface area contributed by atoms with Crippen LogP contribution in [-0.2, 0) is 5.88 Å². The van der Waals surface area contributed by atoms with Gasteiger partial charge in [0.1, 0.15) is 5.76 Å². The first-order valence-corrected chi connectivity index (χ1v) is 3.31. The van der Waals surface area contributed by atoms with Crippen LogP contribution >= 0.6 is 11.6 Å². The first-order valence-electron chi connectivity index (χ1n) is 2.77. The molecule has 0 bridgehead atoms. The van der Waals surface area contributed by atoms with E-state index in [4.69, 9.17) is 11.6 Å². The third-order valence-electron chi connectivity index (χ3n) is 0.867. The molecule has 1 heterocycles. The van der Waals surface area contributed by atoms with Crippen LogP contribution in [0.25, 0.3) is 0 Å². The summed E-state index contributed by atoms with van der Waals surface area (Å²) in [5, 5.41) is 0. The van der Waals surface area contributed by atoms with Crippen molar-refractivity contribution < 1.29 is 22.3 Å². The van der Waals surface area contributed by atoms with Crippen LogP contribution in [0.15, 0.2) is 10.6 Å². The molecule has 7 heteroatoms. The smallest absolute Gasteiger partial charge is 0.413 e. The Morgan fingerprint density at radius 1 is 1.58 bits per heavy atom. The quantitative estimate of drug-likeness (QED) is 0.689. The normalized spacial score (nSPS) is 11.7. The maximum atomic E-state index is 11.5. The molecule has 0 aliphatic rings. The number of oxazole rings is 1. The molecule has 0 N–H and O–H groups in total. The second kappa shape index (κ2) is 3.22.